The first-order valence-corrected chi connectivity index (χ1v) is 2.39. The Morgan fingerprint density at radius 2 is 2.38 bits per heavy atom. The Labute approximate surface area is 54.4 Å². The lowest BCUT2D eigenvalue weighted by atomic mass is 10.2. The van der Waals surface area contributed by atoms with E-state index in [1.807, 2.05) is 0 Å². The van der Waals surface area contributed by atoms with Crippen LogP contribution in [0.1, 0.15) is 12.8 Å². The number of rotatable bonds is 0. The normalized spacial score (nSPS) is 17.8. The van der Waals surface area contributed by atoms with Crippen molar-refractivity contribution in [1.82, 2.24) is 0 Å². The number of ketones is 1. The van der Waals surface area contributed by atoms with Crippen molar-refractivity contribution >= 4 is 24.4 Å². The summed E-state index contributed by atoms with van der Waals surface area (Å²) in [5, 5.41) is 0. The van der Waals surface area contributed by atoms with Crippen molar-refractivity contribution in [1.29, 1.82) is 0 Å². The Balaban J connectivity index is 0.000000490. The van der Waals surface area contributed by atoms with E-state index in [4.69, 9.17) is 0 Å². The first-order chi connectivity index (χ1) is 3.39. The molecule has 0 aromatic heterocycles. The van der Waals surface area contributed by atoms with Crippen LogP contribution in [0.5, 0.6) is 0 Å². The molecule has 0 amide bonds. The van der Waals surface area contributed by atoms with Gasteiger partial charge in [-0.25, -0.2) is 0 Å². The molecule has 0 spiro atoms. The zero-order chi connectivity index (χ0) is 5.11. The minimum atomic E-state index is 0. The third kappa shape index (κ3) is 2.07. The lowest BCUT2D eigenvalue weighted by Crippen LogP contribution is -2.06. The van der Waals surface area contributed by atoms with E-state index in [-0.39, 0.29) is 18.2 Å². The van der Waals surface area contributed by atoms with Crippen LogP contribution >= 0.6 is 12.4 Å². The second-order valence-electron chi connectivity index (χ2n) is 1.60. The Bertz CT molecular complexity index is 111. The van der Waals surface area contributed by atoms with Gasteiger partial charge >= 0.3 is 0 Å². The van der Waals surface area contributed by atoms with Crippen LogP contribution in [0.4, 0.5) is 0 Å². The first kappa shape index (κ1) is 7.63. The fraction of sp³-hybridized carbons (Fsp3) is 0.600. The number of carbonyl (C=O) groups is 1. The van der Waals surface area contributed by atoms with Crippen LogP contribution in [0.25, 0.3) is 0 Å². The predicted molar refractivity (Wildman–Crippen MR) is 34.8 cm³/mol. The number of carbonyl (C=O) groups excluding carboxylic acids is 1. The van der Waals surface area contributed by atoms with Gasteiger partial charge in [-0.05, 0) is 12.6 Å². The summed E-state index contributed by atoms with van der Waals surface area (Å²) in [6.45, 7) is 0.417. The number of hydrogen-bond donors (Lipinski definition) is 0. The van der Waals surface area contributed by atoms with Gasteiger partial charge in [0.15, 0.2) is 5.78 Å². The van der Waals surface area contributed by atoms with Crippen molar-refractivity contribution in [3.63, 3.8) is 0 Å². The fourth-order valence-electron chi connectivity index (χ4n) is 0.562. The highest BCUT2D eigenvalue weighted by atomic mass is 35.5. The molecule has 0 fully saturated rings. The molecule has 1 aliphatic heterocycles. The molecule has 0 aromatic carbocycles. The van der Waals surface area contributed by atoms with E-state index in [1.165, 1.54) is 0 Å². The molecule has 1 rings (SSSR count). The minimum Gasteiger partial charge on any atom is -0.298 e. The molecule has 0 bridgehead atoms. The molecule has 1 heterocycles. The van der Waals surface area contributed by atoms with Crippen molar-refractivity contribution in [3.05, 3.63) is 0 Å². The lowest BCUT2D eigenvalue weighted by Gasteiger charge is -1.97. The average Bonchev–Trinajstić information content (AvgIpc) is 1.69. The molecule has 0 saturated carbocycles. The van der Waals surface area contributed by atoms with Gasteiger partial charge in [-0.15, -0.1) is 12.4 Å². The zero-order valence-electron chi connectivity index (χ0n) is 4.46. The fourth-order valence-corrected chi connectivity index (χ4v) is 0.562. The summed E-state index contributed by atoms with van der Waals surface area (Å²) in [4.78, 5) is 14.1. The first-order valence-electron chi connectivity index (χ1n) is 2.39. The van der Waals surface area contributed by atoms with Crippen LogP contribution in [-0.2, 0) is 4.79 Å². The van der Waals surface area contributed by atoms with Gasteiger partial charge in [0.2, 0.25) is 0 Å². The highest BCUT2D eigenvalue weighted by Gasteiger charge is 2.01. The van der Waals surface area contributed by atoms with Crippen molar-refractivity contribution in [2.24, 2.45) is 4.99 Å². The summed E-state index contributed by atoms with van der Waals surface area (Å²) >= 11 is 0. The van der Waals surface area contributed by atoms with Crippen LogP contribution in [0.2, 0.25) is 0 Å². The minimum absolute atomic E-state index is 0. The second kappa shape index (κ2) is 3.61. The van der Waals surface area contributed by atoms with E-state index >= 15 is 0 Å². The second-order valence-corrected chi connectivity index (χ2v) is 1.60. The van der Waals surface area contributed by atoms with E-state index in [0.29, 0.717) is 13.0 Å². The smallest absolute Gasteiger partial charge is 0.154 e. The SMILES string of the molecule is Cl.O=C1CCC=NC1. The molecule has 46 valence electrons. The van der Waals surface area contributed by atoms with E-state index < -0.39 is 0 Å². The van der Waals surface area contributed by atoms with Gasteiger partial charge in [-0.3, -0.25) is 9.79 Å². The number of hydrogen-bond acceptors (Lipinski definition) is 2. The van der Waals surface area contributed by atoms with Crippen LogP contribution in [0.15, 0.2) is 4.99 Å². The Kier molecular flexibility index (Phi) is 3.44. The molecule has 0 unspecified atom stereocenters. The number of aliphatic imine (C=N–C) groups is 1. The molecule has 0 aliphatic carbocycles. The number of Topliss-reactive ketones (excluding diaryl/α,β-unsaturated/α-hetero) is 1. The largest absolute Gasteiger partial charge is 0.298 e. The van der Waals surface area contributed by atoms with Gasteiger partial charge in [0.25, 0.3) is 0 Å². The van der Waals surface area contributed by atoms with Crippen molar-refractivity contribution in [3.8, 4) is 0 Å². The molecule has 0 atom stereocenters. The van der Waals surface area contributed by atoms with Crippen LogP contribution in [0.3, 0.4) is 0 Å². The molecule has 8 heavy (non-hydrogen) atoms. The van der Waals surface area contributed by atoms with Gasteiger partial charge < -0.3 is 0 Å². The molecule has 0 aromatic rings. The van der Waals surface area contributed by atoms with Crippen LogP contribution < -0.4 is 0 Å². The zero-order valence-corrected chi connectivity index (χ0v) is 5.28. The van der Waals surface area contributed by atoms with E-state index in [2.05, 4.69) is 4.99 Å². The Morgan fingerprint density at radius 3 is 2.62 bits per heavy atom. The Hall–Kier alpha value is -0.370. The highest BCUT2D eigenvalue weighted by molar-refractivity contribution is 5.86. The topological polar surface area (TPSA) is 29.4 Å². The van der Waals surface area contributed by atoms with Gasteiger partial charge in [0, 0.05) is 6.42 Å². The highest BCUT2D eigenvalue weighted by Crippen LogP contribution is 1.93. The van der Waals surface area contributed by atoms with Crippen LogP contribution in [0, 0.1) is 0 Å². The average molecular weight is 134 g/mol. The van der Waals surface area contributed by atoms with Crippen LogP contribution in [-0.4, -0.2) is 18.5 Å². The maximum atomic E-state index is 10.3. The molecular weight excluding hydrogens is 126 g/mol. The molecular formula is C5H8ClNO. The lowest BCUT2D eigenvalue weighted by molar-refractivity contribution is -0.117. The standard InChI is InChI=1S/C5H7NO.ClH/c7-5-2-1-3-6-4-5;/h3H,1-2,4H2;1H. The predicted octanol–water partition coefficient (Wildman–Crippen LogP) is 0.842. The monoisotopic (exact) mass is 133 g/mol. The maximum Gasteiger partial charge on any atom is 0.154 e. The van der Waals surface area contributed by atoms with Gasteiger partial charge in [-0.1, -0.05) is 0 Å². The van der Waals surface area contributed by atoms with Gasteiger partial charge in [0.1, 0.15) is 0 Å². The molecule has 2 nitrogen and oxygen atoms in total. The van der Waals surface area contributed by atoms with Crippen molar-refractivity contribution < 1.29 is 4.79 Å². The van der Waals surface area contributed by atoms with E-state index in [9.17, 15) is 4.79 Å². The van der Waals surface area contributed by atoms with Crippen molar-refractivity contribution in [2.75, 3.05) is 6.54 Å². The molecule has 0 saturated heterocycles. The van der Waals surface area contributed by atoms with Gasteiger partial charge in [-0.2, -0.15) is 0 Å². The maximum absolute atomic E-state index is 10.3. The summed E-state index contributed by atoms with van der Waals surface area (Å²) in [7, 11) is 0. The third-order valence-corrected chi connectivity index (χ3v) is 0.949. The summed E-state index contributed by atoms with van der Waals surface area (Å²) < 4.78 is 0. The summed E-state index contributed by atoms with van der Waals surface area (Å²) in [6.07, 6.45) is 3.35. The summed E-state index contributed by atoms with van der Waals surface area (Å²) in [6, 6.07) is 0. The van der Waals surface area contributed by atoms with Gasteiger partial charge in [0.05, 0.1) is 6.54 Å². The quantitative estimate of drug-likeness (QED) is 0.482. The van der Waals surface area contributed by atoms with E-state index in [1.54, 1.807) is 6.21 Å². The summed E-state index contributed by atoms with van der Waals surface area (Å²) in [5.74, 6) is 0.266. The number of halogens is 1. The molecule has 0 N–H and O–H groups in total. The third-order valence-electron chi connectivity index (χ3n) is 0.949. The molecule has 3 heteroatoms. The molecule has 1 aliphatic rings. The molecule has 0 radical (unpaired) electrons. The summed E-state index contributed by atoms with van der Waals surface area (Å²) in [5.41, 5.74) is 0. The number of nitrogens with zero attached hydrogens (tertiary/aromatic N) is 1. The van der Waals surface area contributed by atoms with Crippen molar-refractivity contribution in [2.45, 2.75) is 12.8 Å². The van der Waals surface area contributed by atoms with E-state index in [0.717, 1.165) is 6.42 Å². The Morgan fingerprint density at radius 1 is 1.62 bits per heavy atom.